The van der Waals surface area contributed by atoms with Crippen LogP contribution in [0.5, 0.6) is 0 Å². The molecule has 0 aromatic rings. The lowest BCUT2D eigenvalue weighted by Crippen LogP contribution is -2.35. The molecule has 0 saturated heterocycles. The van der Waals surface area contributed by atoms with Crippen molar-refractivity contribution in [3.8, 4) is 0 Å². The van der Waals surface area contributed by atoms with E-state index in [1.165, 1.54) is 25.7 Å². The standard InChI is InChI=1S/C11H23N/c1-4-9-7-10(12)5-6-11(9)8(2)3/h8-11H,4-7,12H2,1-3H3. The molecule has 0 aromatic carbocycles. The minimum Gasteiger partial charge on any atom is -0.328 e. The van der Waals surface area contributed by atoms with Gasteiger partial charge in [0.25, 0.3) is 0 Å². The molecule has 0 bridgehead atoms. The first kappa shape index (κ1) is 10.0. The Kier molecular flexibility index (Phi) is 3.57. The molecular weight excluding hydrogens is 146 g/mol. The normalized spacial score (nSPS) is 37.2. The largest absolute Gasteiger partial charge is 0.328 e. The van der Waals surface area contributed by atoms with E-state index < -0.39 is 0 Å². The zero-order chi connectivity index (χ0) is 9.14. The molecule has 0 aromatic heterocycles. The number of nitrogens with two attached hydrogens (primary N) is 1. The van der Waals surface area contributed by atoms with Crippen LogP contribution in [-0.4, -0.2) is 6.04 Å². The molecule has 1 fully saturated rings. The lowest BCUT2D eigenvalue weighted by atomic mass is 9.71. The summed E-state index contributed by atoms with van der Waals surface area (Å²) in [5.74, 6) is 2.69. The van der Waals surface area contributed by atoms with Crippen molar-refractivity contribution in [2.45, 2.75) is 52.5 Å². The second kappa shape index (κ2) is 4.27. The molecule has 0 spiro atoms. The Bertz CT molecular complexity index is 131. The predicted octanol–water partition coefficient (Wildman–Crippen LogP) is 2.80. The zero-order valence-electron chi connectivity index (χ0n) is 8.72. The highest BCUT2D eigenvalue weighted by Gasteiger charge is 2.29. The maximum absolute atomic E-state index is 5.96. The van der Waals surface area contributed by atoms with Crippen molar-refractivity contribution >= 4 is 0 Å². The van der Waals surface area contributed by atoms with Crippen LogP contribution >= 0.6 is 0 Å². The molecule has 3 unspecified atom stereocenters. The van der Waals surface area contributed by atoms with Crippen LogP contribution in [0.4, 0.5) is 0 Å². The summed E-state index contributed by atoms with van der Waals surface area (Å²) in [7, 11) is 0. The van der Waals surface area contributed by atoms with Crippen LogP contribution in [0, 0.1) is 17.8 Å². The average molecular weight is 169 g/mol. The van der Waals surface area contributed by atoms with E-state index in [1.807, 2.05) is 0 Å². The molecule has 2 N–H and O–H groups in total. The van der Waals surface area contributed by atoms with Crippen molar-refractivity contribution in [3.63, 3.8) is 0 Å². The third kappa shape index (κ3) is 2.22. The molecule has 1 aliphatic rings. The van der Waals surface area contributed by atoms with E-state index in [1.54, 1.807) is 0 Å². The molecule has 3 atom stereocenters. The van der Waals surface area contributed by atoms with Crippen LogP contribution in [0.1, 0.15) is 46.5 Å². The van der Waals surface area contributed by atoms with Gasteiger partial charge in [0.2, 0.25) is 0 Å². The van der Waals surface area contributed by atoms with Gasteiger partial charge in [0.1, 0.15) is 0 Å². The van der Waals surface area contributed by atoms with E-state index in [9.17, 15) is 0 Å². The van der Waals surface area contributed by atoms with Gasteiger partial charge in [-0.05, 0) is 37.0 Å². The van der Waals surface area contributed by atoms with Crippen LogP contribution in [0.3, 0.4) is 0 Å². The molecule has 1 saturated carbocycles. The van der Waals surface area contributed by atoms with Crippen LogP contribution < -0.4 is 5.73 Å². The Morgan fingerprint density at radius 3 is 2.50 bits per heavy atom. The Morgan fingerprint density at radius 2 is 2.00 bits per heavy atom. The average Bonchev–Trinajstić information content (AvgIpc) is 2.03. The monoisotopic (exact) mass is 169 g/mol. The summed E-state index contributed by atoms with van der Waals surface area (Å²) in [6.07, 6.45) is 5.19. The second-order valence-electron chi connectivity index (χ2n) is 4.65. The molecule has 0 radical (unpaired) electrons. The molecule has 1 rings (SSSR count). The minimum atomic E-state index is 0.491. The van der Waals surface area contributed by atoms with Crippen LogP contribution in [0.15, 0.2) is 0 Å². The molecule has 72 valence electrons. The predicted molar refractivity (Wildman–Crippen MR) is 53.9 cm³/mol. The maximum atomic E-state index is 5.96. The van der Waals surface area contributed by atoms with Crippen molar-refractivity contribution in [2.24, 2.45) is 23.5 Å². The van der Waals surface area contributed by atoms with Gasteiger partial charge in [-0.15, -0.1) is 0 Å². The zero-order valence-corrected chi connectivity index (χ0v) is 8.72. The van der Waals surface area contributed by atoms with Gasteiger partial charge in [-0.25, -0.2) is 0 Å². The maximum Gasteiger partial charge on any atom is 0.00416 e. The third-order valence-corrected chi connectivity index (χ3v) is 3.46. The number of rotatable bonds is 2. The van der Waals surface area contributed by atoms with E-state index >= 15 is 0 Å². The smallest absolute Gasteiger partial charge is 0.00416 e. The molecule has 0 aliphatic heterocycles. The molecule has 0 heterocycles. The molecule has 1 aliphatic carbocycles. The van der Waals surface area contributed by atoms with Crippen LogP contribution in [0.2, 0.25) is 0 Å². The highest BCUT2D eigenvalue weighted by Crippen LogP contribution is 2.36. The fourth-order valence-corrected chi connectivity index (χ4v) is 2.67. The molecular formula is C11H23N. The van der Waals surface area contributed by atoms with Gasteiger partial charge in [0.05, 0.1) is 0 Å². The lowest BCUT2D eigenvalue weighted by molar-refractivity contribution is 0.161. The Balaban J connectivity index is 2.50. The SMILES string of the molecule is CCC1CC(N)CCC1C(C)C. The Hall–Kier alpha value is -0.0400. The van der Waals surface area contributed by atoms with Crippen molar-refractivity contribution in [3.05, 3.63) is 0 Å². The number of hydrogen-bond donors (Lipinski definition) is 1. The summed E-state index contributed by atoms with van der Waals surface area (Å²) in [6.45, 7) is 7.01. The van der Waals surface area contributed by atoms with Crippen LogP contribution in [-0.2, 0) is 0 Å². The Morgan fingerprint density at radius 1 is 1.33 bits per heavy atom. The van der Waals surface area contributed by atoms with Crippen molar-refractivity contribution in [1.29, 1.82) is 0 Å². The summed E-state index contributed by atoms with van der Waals surface area (Å²) in [5.41, 5.74) is 5.96. The van der Waals surface area contributed by atoms with Gasteiger partial charge >= 0.3 is 0 Å². The van der Waals surface area contributed by atoms with E-state index in [2.05, 4.69) is 20.8 Å². The van der Waals surface area contributed by atoms with Crippen molar-refractivity contribution in [2.75, 3.05) is 0 Å². The highest BCUT2D eigenvalue weighted by molar-refractivity contribution is 4.82. The summed E-state index contributed by atoms with van der Waals surface area (Å²) < 4.78 is 0. The van der Waals surface area contributed by atoms with Crippen molar-refractivity contribution in [1.82, 2.24) is 0 Å². The summed E-state index contributed by atoms with van der Waals surface area (Å²) >= 11 is 0. The van der Waals surface area contributed by atoms with E-state index in [0.29, 0.717) is 6.04 Å². The first-order chi connectivity index (χ1) is 5.65. The Labute approximate surface area is 76.7 Å². The lowest BCUT2D eigenvalue weighted by Gasteiger charge is -2.36. The fraction of sp³-hybridized carbons (Fsp3) is 1.00. The summed E-state index contributed by atoms with van der Waals surface area (Å²) in [4.78, 5) is 0. The summed E-state index contributed by atoms with van der Waals surface area (Å²) in [5, 5.41) is 0. The van der Waals surface area contributed by atoms with Gasteiger partial charge in [-0.3, -0.25) is 0 Å². The first-order valence-electron chi connectivity index (χ1n) is 5.40. The highest BCUT2D eigenvalue weighted by atomic mass is 14.6. The summed E-state index contributed by atoms with van der Waals surface area (Å²) in [6, 6.07) is 0.491. The van der Waals surface area contributed by atoms with E-state index in [0.717, 1.165) is 17.8 Å². The molecule has 1 nitrogen and oxygen atoms in total. The molecule has 12 heavy (non-hydrogen) atoms. The van der Waals surface area contributed by atoms with Crippen molar-refractivity contribution < 1.29 is 0 Å². The molecule has 1 heteroatoms. The molecule has 0 amide bonds. The number of hydrogen-bond acceptors (Lipinski definition) is 1. The van der Waals surface area contributed by atoms with E-state index in [4.69, 9.17) is 5.73 Å². The third-order valence-electron chi connectivity index (χ3n) is 3.46. The van der Waals surface area contributed by atoms with Crippen LogP contribution in [0.25, 0.3) is 0 Å². The second-order valence-corrected chi connectivity index (χ2v) is 4.65. The van der Waals surface area contributed by atoms with Gasteiger partial charge in [-0.2, -0.15) is 0 Å². The quantitative estimate of drug-likeness (QED) is 0.676. The van der Waals surface area contributed by atoms with Gasteiger partial charge in [0.15, 0.2) is 0 Å². The first-order valence-corrected chi connectivity index (χ1v) is 5.40. The minimum absolute atomic E-state index is 0.491. The van der Waals surface area contributed by atoms with E-state index in [-0.39, 0.29) is 0 Å². The topological polar surface area (TPSA) is 26.0 Å². The van der Waals surface area contributed by atoms with Gasteiger partial charge in [0, 0.05) is 6.04 Å². The van der Waals surface area contributed by atoms with Gasteiger partial charge < -0.3 is 5.73 Å². The fourth-order valence-electron chi connectivity index (χ4n) is 2.67. The van der Waals surface area contributed by atoms with Gasteiger partial charge in [-0.1, -0.05) is 27.2 Å².